The van der Waals surface area contributed by atoms with Crippen LogP contribution in [-0.4, -0.2) is 23.5 Å². The van der Waals surface area contributed by atoms with E-state index in [4.69, 9.17) is 9.16 Å². The Bertz CT molecular complexity index is 106. The van der Waals surface area contributed by atoms with Crippen LogP contribution < -0.4 is 0 Å². The maximum atomic E-state index is 5.58. The summed E-state index contributed by atoms with van der Waals surface area (Å²) in [6.07, 6.45) is 3.74. The summed E-state index contributed by atoms with van der Waals surface area (Å²) in [5, 5.41) is 0. The Kier molecular flexibility index (Phi) is 4.11. The zero-order valence-corrected chi connectivity index (χ0v) is 8.84. The monoisotopic (exact) mass is 173 g/mol. The van der Waals surface area contributed by atoms with Crippen molar-refractivity contribution in [1.82, 2.24) is 0 Å². The van der Waals surface area contributed by atoms with E-state index in [9.17, 15) is 0 Å². The van der Waals surface area contributed by atoms with Gasteiger partial charge in [0.2, 0.25) is 0 Å². The van der Waals surface area contributed by atoms with Crippen molar-refractivity contribution in [3.05, 3.63) is 5.73 Å². The summed E-state index contributed by atoms with van der Waals surface area (Å²) in [5.74, 6) is 0.704. The van der Waals surface area contributed by atoms with Crippen molar-refractivity contribution in [2.75, 3.05) is 13.7 Å². The highest BCUT2D eigenvalue weighted by molar-refractivity contribution is 6.34. The van der Waals surface area contributed by atoms with Gasteiger partial charge in [-0.05, 0) is 18.8 Å². The van der Waals surface area contributed by atoms with Crippen molar-refractivity contribution in [2.24, 2.45) is 5.92 Å². The van der Waals surface area contributed by atoms with Gasteiger partial charge >= 0.3 is 0 Å². The van der Waals surface area contributed by atoms with E-state index < -0.39 is 9.76 Å². The molecule has 1 aliphatic rings. The van der Waals surface area contributed by atoms with Crippen LogP contribution in [0, 0.1) is 11.6 Å². The Labute approximate surface area is 71.2 Å². The minimum Gasteiger partial charge on any atom is -0.424 e. The molecule has 0 amide bonds. The van der Waals surface area contributed by atoms with E-state index in [2.05, 4.69) is 6.92 Å². The second-order valence-electron chi connectivity index (χ2n) is 3.00. The van der Waals surface area contributed by atoms with Crippen LogP contribution in [0.1, 0.15) is 26.2 Å². The van der Waals surface area contributed by atoms with Crippen molar-refractivity contribution in [1.29, 1.82) is 0 Å². The first-order valence-electron chi connectivity index (χ1n) is 4.36. The van der Waals surface area contributed by atoms with Gasteiger partial charge in [0, 0.05) is 13.7 Å². The molecule has 1 atom stereocenters. The summed E-state index contributed by atoms with van der Waals surface area (Å²) in [6.45, 7) is 3.14. The van der Waals surface area contributed by atoms with Crippen LogP contribution >= 0.6 is 0 Å². The largest absolute Gasteiger partial charge is 0.424 e. The summed E-state index contributed by atoms with van der Waals surface area (Å²) in [6, 6.07) is 0. The number of hydrogen-bond acceptors (Lipinski definition) is 2. The molecular formula is C8H17O2Si. The minimum absolute atomic E-state index is 0.488. The lowest BCUT2D eigenvalue weighted by Gasteiger charge is -2.28. The average Bonchev–Trinajstić information content (AvgIpc) is 2.06. The van der Waals surface area contributed by atoms with Crippen molar-refractivity contribution in [3.63, 3.8) is 0 Å². The van der Waals surface area contributed by atoms with Crippen LogP contribution in [0.25, 0.3) is 0 Å². The molecular weight excluding hydrogens is 156 g/mol. The molecule has 0 aromatic carbocycles. The SMILES string of the molecule is CCC1CCCO[C]1[SiH2]OC. The Balaban J connectivity index is 2.31. The first kappa shape index (κ1) is 9.23. The molecule has 1 aliphatic heterocycles. The van der Waals surface area contributed by atoms with Crippen molar-refractivity contribution in [2.45, 2.75) is 26.2 Å². The fourth-order valence-corrected chi connectivity index (χ4v) is 2.79. The zero-order valence-electron chi connectivity index (χ0n) is 7.43. The summed E-state index contributed by atoms with van der Waals surface area (Å²) < 4.78 is 10.8. The summed E-state index contributed by atoms with van der Waals surface area (Å²) in [4.78, 5) is 0. The van der Waals surface area contributed by atoms with Crippen molar-refractivity contribution >= 4 is 9.76 Å². The fraction of sp³-hybridized carbons (Fsp3) is 0.875. The molecule has 2 nitrogen and oxygen atoms in total. The van der Waals surface area contributed by atoms with Gasteiger partial charge in [0.1, 0.15) is 5.73 Å². The Morgan fingerprint density at radius 1 is 1.73 bits per heavy atom. The second kappa shape index (κ2) is 4.90. The summed E-state index contributed by atoms with van der Waals surface area (Å²) in [7, 11) is 1.29. The average molecular weight is 173 g/mol. The molecule has 0 bridgehead atoms. The van der Waals surface area contributed by atoms with Gasteiger partial charge in [-0.15, -0.1) is 0 Å². The van der Waals surface area contributed by atoms with Gasteiger partial charge in [-0.2, -0.15) is 0 Å². The van der Waals surface area contributed by atoms with E-state index in [0.29, 0.717) is 5.92 Å². The van der Waals surface area contributed by atoms with Gasteiger partial charge < -0.3 is 9.16 Å². The topological polar surface area (TPSA) is 18.5 Å². The smallest absolute Gasteiger partial charge is 0.197 e. The van der Waals surface area contributed by atoms with Crippen LogP contribution in [0.2, 0.25) is 0 Å². The standard InChI is InChI=1S/C8H17O2Si/c1-3-7-5-4-6-10-8(7)11-9-2/h7H,3-6,11H2,1-2H3. The Morgan fingerprint density at radius 3 is 3.18 bits per heavy atom. The molecule has 0 aliphatic carbocycles. The van der Waals surface area contributed by atoms with Gasteiger partial charge in [-0.25, -0.2) is 0 Å². The van der Waals surface area contributed by atoms with E-state index >= 15 is 0 Å². The molecule has 0 N–H and O–H groups in total. The molecule has 1 rings (SSSR count). The highest BCUT2D eigenvalue weighted by atomic mass is 28.2. The molecule has 1 fully saturated rings. The summed E-state index contributed by atoms with van der Waals surface area (Å²) >= 11 is 0. The quantitative estimate of drug-likeness (QED) is 0.594. The van der Waals surface area contributed by atoms with Crippen LogP contribution in [0.4, 0.5) is 0 Å². The van der Waals surface area contributed by atoms with Crippen LogP contribution in [0.15, 0.2) is 0 Å². The summed E-state index contributed by atoms with van der Waals surface area (Å²) in [5.41, 5.74) is 1.29. The van der Waals surface area contributed by atoms with Gasteiger partial charge in [0.05, 0.1) is 0 Å². The van der Waals surface area contributed by atoms with E-state index in [1.165, 1.54) is 25.0 Å². The zero-order chi connectivity index (χ0) is 8.10. The van der Waals surface area contributed by atoms with E-state index in [0.717, 1.165) is 6.61 Å². The Hall–Kier alpha value is 0.137. The predicted molar refractivity (Wildman–Crippen MR) is 47.8 cm³/mol. The molecule has 3 heteroatoms. The molecule has 11 heavy (non-hydrogen) atoms. The van der Waals surface area contributed by atoms with E-state index in [1.54, 1.807) is 7.11 Å². The predicted octanol–water partition coefficient (Wildman–Crippen LogP) is 1.04. The third kappa shape index (κ3) is 2.58. The molecule has 0 saturated carbocycles. The van der Waals surface area contributed by atoms with Gasteiger partial charge in [-0.3, -0.25) is 0 Å². The lowest BCUT2D eigenvalue weighted by atomic mass is 9.99. The number of ether oxygens (including phenoxy) is 1. The molecule has 1 unspecified atom stereocenters. The number of hydrogen-bond donors (Lipinski definition) is 0. The molecule has 0 aromatic heterocycles. The molecule has 65 valence electrons. The maximum absolute atomic E-state index is 5.58. The van der Waals surface area contributed by atoms with Crippen LogP contribution in [-0.2, 0) is 9.16 Å². The van der Waals surface area contributed by atoms with Crippen molar-refractivity contribution in [3.8, 4) is 0 Å². The molecule has 0 spiro atoms. The first-order valence-corrected chi connectivity index (χ1v) is 5.64. The maximum Gasteiger partial charge on any atom is 0.197 e. The van der Waals surface area contributed by atoms with Gasteiger partial charge in [0.15, 0.2) is 9.76 Å². The third-order valence-electron chi connectivity index (χ3n) is 2.22. The van der Waals surface area contributed by atoms with Gasteiger partial charge in [0.25, 0.3) is 0 Å². The third-order valence-corrected chi connectivity index (χ3v) is 3.57. The van der Waals surface area contributed by atoms with Crippen LogP contribution in [0.5, 0.6) is 0 Å². The Morgan fingerprint density at radius 2 is 2.55 bits per heavy atom. The lowest BCUT2D eigenvalue weighted by Crippen LogP contribution is -2.27. The fourth-order valence-electron chi connectivity index (χ4n) is 1.55. The molecule has 1 heterocycles. The molecule has 1 radical (unpaired) electrons. The van der Waals surface area contributed by atoms with Crippen LogP contribution in [0.3, 0.4) is 0 Å². The molecule has 1 saturated heterocycles. The normalized spacial score (nSPS) is 28.4. The highest BCUT2D eigenvalue weighted by Gasteiger charge is 2.25. The van der Waals surface area contributed by atoms with Gasteiger partial charge in [-0.1, -0.05) is 13.3 Å². The molecule has 0 aromatic rings. The van der Waals surface area contributed by atoms with Crippen molar-refractivity contribution < 1.29 is 9.16 Å². The van der Waals surface area contributed by atoms with E-state index in [1.807, 2.05) is 0 Å². The van der Waals surface area contributed by atoms with E-state index in [-0.39, 0.29) is 0 Å². The minimum atomic E-state index is -0.488. The first-order chi connectivity index (χ1) is 5.38. The lowest BCUT2D eigenvalue weighted by molar-refractivity contribution is 0.0863. The second-order valence-corrected chi connectivity index (χ2v) is 4.56. The number of rotatable bonds is 3. The highest BCUT2D eigenvalue weighted by Crippen LogP contribution is 2.28.